The van der Waals surface area contributed by atoms with Crippen molar-refractivity contribution in [1.29, 1.82) is 0 Å². The van der Waals surface area contributed by atoms with Crippen LogP contribution in [0.15, 0.2) is 42.5 Å². The second kappa shape index (κ2) is 11.0. The van der Waals surface area contributed by atoms with Crippen LogP contribution in [0.1, 0.15) is 24.5 Å². The maximum atomic E-state index is 13.0. The number of aliphatic carboxylic acids is 1. The van der Waals surface area contributed by atoms with Crippen LogP contribution in [0.5, 0.6) is 5.75 Å². The highest BCUT2D eigenvalue weighted by Crippen LogP contribution is 2.31. The van der Waals surface area contributed by atoms with Crippen LogP contribution in [-0.4, -0.2) is 29.0 Å². The number of carboxylic acids is 1. The van der Waals surface area contributed by atoms with Gasteiger partial charge in [0.1, 0.15) is 5.75 Å². The van der Waals surface area contributed by atoms with Crippen LogP contribution in [0.25, 0.3) is 0 Å². The minimum absolute atomic E-state index is 0.0566. The van der Waals surface area contributed by atoms with Gasteiger partial charge in [0.2, 0.25) is 17.9 Å². The highest BCUT2D eigenvalue weighted by atomic mass is 35.5. The van der Waals surface area contributed by atoms with Crippen LogP contribution in [0.3, 0.4) is 0 Å². The summed E-state index contributed by atoms with van der Waals surface area (Å²) in [6.45, 7) is 3.71. The van der Waals surface area contributed by atoms with Crippen LogP contribution >= 0.6 is 23.2 Å². The van der Waals surface area contributed by atoms with Crippen molar-refractivity contribution in [2.24, 2.45) is 17.6 Å². The molecule has 0 bridgehead atoms. The molecule has 7 nitrogen and oxygen atoms in total. The minimum Gasteiger partial charge on any atom is -0.478 e. The Morgan fingerprint density at radius 3 is 2.32 bits per heavy atom. The van der Waals surface area contributed by atoms with E-state index in [2.05, 4.69) is 5.32 Å². The Balaban J connectivity index is 2.29. The van der Waals surface area contributed by atoms with Crippen molar-refractivity contribution in [2.75, 3.05) is 0 Å². The number of carboxylic acid groups (broad SMARTS) is 1. The van der Waals surface area contributed by atoms with Gasteiger partial charge in [-0.15, -0.1) is 0 Å². The van der Waals surface area contributed by atoms with E-state index in [9.17, 15) is 19.5 Å². The summed E-state index contributed by atoms with van der Waals surface area (Å²) in [6, 6.07) is 11.8. The number of hydrogen-bond acceptors (Lipinski definition) is 4. The first-order valence-corrected chi connectivity index (χ1v) is 10.3. The smallest absolute Gasteiger partial charge is 0.345 e. The Bertz CT molecular complexity index is 949. The first-order chi connectivity index (χ1) is 14.6. The largest absolute Gasteiger partial charge is 0.478 e. The van der Waals surface area contributed by atoms with Crippen molar-refractivity contribution in [3.05, 3.63) is 63.6 Å². The van der Waals surface area contributed by atoms with Crippen molar-refractivity contribution < 1.29 is 24.2 Å². The van der Waals surface area contributed by atoms with E-state index in [0.29, 0.717) is 5.02 Å². The van der Waals surface area contributed by atoms with Crippen molar-refractivity contribution >= 4 is 41.0 Å². The molecule has 0 spiro atoms. The van der Waals surface area contributed by atoms with Crippen molar-refractivity contribution in [1.82, 2.24) is 5.32 Å². The fraction of sp³-hybridized carbons (Fsp3) is 0.318. The Morgan fingerprint density at radius 1 is 1.13 bits per heavy atom. The van der Waals surface area contributed by atoms with Gasteiger partial charge in [-0.25, -0.2) is 4.79 Å². The Kier molecular flexibility index (Phi) is 8.71. The fourth-order valence-electron chi connectivity index (χ4n) is 3.14. The van der Waals surface area contributed by atoms with Gasteiger partial charge in [0.25, 0.3) is 0 Å². The zero-order valence-electron chi connectivity index (χ0n) is 17.1. The van der Waals surface area contributed by atoms with Gasteiger partial charge in [0.05, 0.1) is 10.9 Å². The van der Waals surface area contributed by atoms with Gasteiger partial charge in [0.15, 0.2) is 0 Å². The number of aryl methyl sites for hydroxylation is 1. The predicted molar refractivity (Wildman–Crippen MR) is 118 cm³/mol. The molecule has 0 saturated heterocycles. The fourth-order valence-corrected chi connectivity index (χ4v) is 3.59. The predicted octanol–water partition coefficient (Wildman–Crippen LogP) is 3.58. The molecule has 0 aliphatic heterocycles. The molecule has 2 aromatic rings. The molecule has 0 saturated carbocycles. The maximum absolute atomic E-state index is 13.0. The standard InChI is InChI=1S/C22H24Cl2N2O5/c1-12-3-5-14(6-4-12)11-26-21(28)19(13(2)9-18(25)27)20(22(29)30)31-17-8-7-15(23)10-16(17)24/h3-8,10,13,19-20H,9,11H2,1-2H3,(H2,25,27)(H,26,28)(H,29,30). The van der Waals surface area contributed by atoms with E-state index in [1.54, 1.807) is 6.92 Å². The Labute approximate surface area is 190 Å². The minimum atomic E-state index is -1.61. The highest BCUT2D eigenvalue weighted by molar-refractivity contribution is 6.35. The zero-order chi connectivity index (χ0) is 23.1. The van der Waals surface area contributed by atoms with E-state index in [4.69, 9.17) is 33.7 Å². The topological polar surface area (TPSA) is 119 Å². The summed E-state index contributed by atoms with van der Waals surface area (Å²) in [7, 11) is 0. The second-order valence-corrected chi connectivity index (χ2v) is 8.17. The normalized spacial score (nSPS) is 13.7. The molecule has 31 heavy (non-hydrogen) atoms. The quantitative estimate of drug-likeness (QED) is 0.494. The number of nitrogens with one attached hydrogen (secondary N) is 1. The highest BCUT2D eigenvalue weighted by Gasteiger charge is 2.40. The van der Waals surface area contributed by atoms with Crippen molar-refractivity contribution in [2.45, 2.75) is 32.9 Å². The molecule has 166 valence electrons. The first kappa shape index (κ1) is 24.5. The molecule has 0 heterocycles. The SMILES string of the molecule is Cc1ccc(CNC(=O)C(C(C)CC(N)=O)C(Oc2ccc(Cl)cc2Cl)C(=O)O)cc1. The molecule has 2 amide bonds. The number of hydrogen-bond donors (Lipinski definition) is 3. The molecule has 3 atom stereocenters. The monoisotopic (exact) mass is 466 g/mol. The maximum Gasteiger partial charge on any atom is 0.345 e. The van der Waals surface area contributed by atoms with Crippen molar-refractivity contribution in [3.8, 4) is 5.75 Å². The molecule has 0 fully saturated rings. The van der Waals surface area contributed by atoms with Crippen molar-refractivity contribution in [3.63, 3.8) is 0 Å². The number of rotatable bonds is 10. The third-order valence-corrected chi connectivity index (χ3v) is 5.27. The number of nitrogens with two attached hydrogens (primary N) is 1. The third-order valence-electron chi connectivity index (χ3n) is 4.74. The molecule has 2 rings (SSSR count). The average Bonchev–Trinajstić information content (AvgIpc) is 2.68. The number of carbonyl (C=O) groups is 3. The second-order valence-electron chi connectivity index (χ2n) is 7.33. The lowest BCUT2D eigenvalue weighted by molar-refractivity contribution is -0.153. The van der Waals surface area contributed by atoms with E-state index in [-0.39, 0.29) is 23.7 Å². The lowest BCUT2D eigenvalue weighted by Gasteiger charge is -2.28. The van der Waals surface area contributed by atoms with Gasteiger partial charge in [-0.3, -0.25) is 9.59 Å². The average molecular weight is 467 g/mol. The molecular weight excluding hydrogens is 443 g/mol. The van der Waals surface area contributed by atoms with E-state index in [1.807, 2.05) is 31.2 Å². The number of benzene rings is 2. The number of carbonyl (C=O) groups excluding carboxylic acids is 2. The number of amides is 2. The summed E-state index contributed by atoms with van der Waals surface area (Å²) < 4.78 is 5.61. The molecule has 4 N–H and O–H groups in total. The molecule has 0 aromatic heterocycles. The Hall–Kier alpha value is -2.77. The number of halogens is 2. The van der Waals surface area contributed by atoms with Gasteiger partial charge in [-0.05, 0) is 36.6 Å². The molecular formula is C22H24Cl2N2O5. The summed E-state index contributed by atoms with van der Waals surface area (Å²) in [5.74, 6) is -4.46. The lowest BCUT2D eigenvalue weighted by Crippen LogP contribution is -2.48. The van der Waals surface area contributed by atoms with E-state index in [0.717, 1.165) is 11.1 Å². The lowest BCUT2D eigenvalue weighted by atomic mass is 9.85. The van der Waals surface area contributed by atoms with Crippen LogP contribution in [0.2, 0.25) is 10.0 Å². The summed E-state index contributed by atoms with van der Waals surface area (Å²) in [6.07, 6.45) is -1.80. The Morgan fingerprint density at radius 2 is 1.77 bits per heavy atom. The number of primary amides is 1. The van der Waals surface area contributed by atoms with Crippen LogP contribution in [0.4, 0.5) is 0 Å². The number of ether oxygens (including phenoxy) is 1. The molecule has 2 aromatic carbocycles. The molecule has 3 unspecified atom stereocenters. The summed E-state index contributed by atoms with van der Waals surface area (Å²) in [4.78, 5) is 36.5. The van der Waals surface area contributed by atoms with Gasteiger partial charge in [0, 0.05) is 18.0 Å². The van der Waals surface area contributed by atoms with E-state index < -0.39 is 35.7 Å². The zero-order valence-corrected chi connectivity index (χ0v) is 18.6. The van der Waals surface area contributed by atoms with E-state index in [1.165, 1.54) is 18.2 Å². The summed E-state index contributed by atoms with van der Waals surface area (Å²) in [5, 5.41) is 13.0. The third kappa shape index (κ3) is 7.15. The van der Waals surface area contributed by atoms with Gasteiger partial charge in [-0.2, -0.15) is 0 Å². The van der Waals surface area contributed by atoms with Crippen LogP contribution in [0, 0.1) is 18.8 Å². The van der Waals surface area contributed by atoms with Gasteiger partial charge < -0.3 is 20.9 Å². The first-order valence-electron chi connectivity index (χ1n) is 9.54. The van der Waals surface area contributed by atoms with E-state index >= 15 is 0 Å². The molecule has 0 aliphatic carbocycles. The summed E-state index contributed by atoms with van der Waals surface area (Å²) >= 11 is 12.0. The summed E-state index contributed by atoms with van der Waals surface area (Å²) in [5.41, 5.74) is 7.20. The van der Waals surface area contributed by atoms with Crippen LogP contribution < -0.4 is 15.8 Å². The van der Waals surface area contributed by atoms with Crippen LogP contribution in [-0.2, 0) is 20.9 Å². The molecule has 0 radical (unpaired) electrons. The molecule has 9 heteroatoms. The molecule has 0 aliphatic rings. The van der Waals surface area contributed by atoms with Gasteiger partial charge >= 0.3 is 5.97 Å². The van der Waals surface area contributed by atoms with Gasteiger partial charge in [-0.1, -0.05) is 60.0 Å².